The van der Waals surface area contributed by atoms with E-state index in [1.165, 1.54) is 4.82 Å². The van der Waals surface area contributed by atoms with Gasteiger partial charge in [-0.15, -0.1) is 6.58 Å². The summed E-state index contributed by atoms with van der Waals surface area (Å²) in [7, 11) is 0.133. The van der Waals surface area contributed by atoms with Crippen LogP contribution in [0.3, 0.4) is 0 Å². The highest BCUT2D eigenvalue weighted by atomic mass is 28.4. The summed E-state index contributed by atoms with van der Waals surface area (Å²) in [5, 5.41) is 0. The van der Waals surface area contributed by atoms with Crippen molar-refractivity contribution in [3.8, 4) is 0 Å². The van der Waals surface area contributed by atoms with Gasteiger partial charge in [0.2, 0.25) is 16.6 Å². The lowest BCUT2D eigenvalue weighted by Crippen LogP contribution is -2.46. The zero-order valence-corrected chi connectivity index (χ0v) is 11.0. The molecule has 0 aromatic rings. The number of rotatable bonds is 4. The van der Waals surface area contributed by atoms with E-state index in [9.17, 15) is 0 Å². The number of hydrogen-bond donors (Lipinski definition) is 0. The average molecular weight is 204 g/mol. The highest BCUT2D eigenvalue weighted by molar-refractivity contribution is 7.00. The predicted molar refractivity (Wildman–Crippen MR) is 58.1 cm³/mol. The van der Waals surface area contributed by atoms with Gasteiger partial charge in [-0.3, -0.25) is 0 Å². The van der Waals surface area contributed by atoms with Gasteiger partial charge >= 0.3 is 0 Å². The van der Waals surface area contributed by atoms with E-state index >= 15 is 0 Å². The lowest BCUT2D eigenvalue weighted by molar-refractivity contribution is 0.399. The van der Waals surface area contributed by atoms with Crippen LogP contribution in [0.15, 0.2) is 11.4 Å². The second-order valence-electron chi connectivity index (χ2n) is 3.91. The van der Waals surface area contributed by atoms with Gasteiger partial charge in [-0.05, 0) is 31.0 Å². The molecule has 0 aromatic carbocycles. The van der Waals surface area contributed by atoms with Gasteiger partial charge < -0.3 is 8.85 Å². The highest BCUT2D eigenvalue weighted by Gasteiger charge is 2.37. The third kappa shape index (κ3) is 2.55. The smallest absolute Gasteiger partial charge is 0.211 e. The summed E-state index contributed by atoms with van der Waals surface area (Å²) >= 11 is 0. The van der Waals surface area contributed by atoms with Gasteiger partial charge in [0.15, 0.2) is 0 Å². The SMILES string of the molecule is C=C([Si](C)(C)OC)[Si](C)(C)OC. The van der Waals surface area contributed by atoms with Gasteiger partial charge in [-0.2, -0.15) is 0 Å². The first-order valence-electron chi connectivity index (χ1n) is 4.08. The molecule has 0 radical (unpaired) electrons. The third-order valence-electron chi connectivity index (χ3n) is 2.47. The van der Waals surface area contributed by atoms with E-state index in [0.29, 0.717) is 0 Å². The molecular formula is C8H20O2Si2. The average Bonchev–Trinajstić information content (AvgIpc) is 2.03. The largest absolute Gasteiger partial charge is 0.417 e. The molecule has 0 N–H and O–H groups in total. The van der Waals surface area contributed by atoms with Crippen LogP contribution in [0, 0.1) is 0 Å². The number of hydrogen-bond acceptors (Lipinski definition) is 2. The molecule has 0 aromatic heterocycles. The maximum atomic E-state index is 5.48. The van der Waals surface area contributed by atoms with Crippen molar-refractivity contribution in [2.24, 2.45) is 0 Å². The van der Waals surface area contributed by atoms with Crippen LogP contribution in [0.4, 0.5) is 0 Å². The molecule has 0 aliphatic rings. The zero-order chi connectivity index (χ0) is 9.99. The van der Waals surface area contributed by atoms with Crippen LogP contribution in [0.5, 0.6) is 0 Å². The minimum atomic E-state index is -1.69. The first-order chi connectivity index (χ1) is 5.28. The van der Waals surface area contributed by atoms with Crippen LogP contribution >= 0.6 is 0 Å². The quantitative estimate of drug-likeness (QED) is 0.654. The van der Waals surface area contributed by atoms with Crippen molar-refractivity contribution in [1.29, 1.82) is 0 Å². The van der Waals surface area contributed by atoms with Gasteiger partial charge in [-0.25, -0.2) is 0 Å². The van der Waals surface area contributed by atoms with Crippen LogP contribution in [0.25, 0.3) is 0 Å². The molecule has 0 saturated heterocycles. The van der Waals surface area contributed by atoms with Crippen molar-refractivity contribution in [3.63, 3.8) is 0 Å². The summed E-state index contributed by atoms with van der Waals surface area (Å²) in [6.45, 7) is 12.7. The molecule has 0 spiro atoms. The van der Waals surface area contributed by atoms with Crippen molar-refractivity contribution < 1.29 is 8.85 Å². The minimum Gasteiger partial charge on any atom is -0.417 e. The molecule has 0 saturated carbocycles. The monoisotopic (exact) mass is 204 g/mol. The van der Waals surface area contributed by atoms with Gasteiger partial charge in [0.25, 0.3) is 0 Å². The van der Waals surface area contributed by atoms with Crippen LogP contribution in [0.1, 0.15) is 0 Å². The normalized spacial score (nSPS) is 13.2. The van der Waals surface area contributed by atoms with Crippen LogP contribution in [0.2, 0.25) is 26.2 Å². The summed E-state index contributed by atoms with van der Waals surface area (Å²) < 4.78 is 11.0. The second kappa shape index (κ2) is 3.87. The third-order valence-corrected chi connectivity index (χ3v) is 11.0. The maximum absolute atomic E-state index is 5.48. The summed E-state index contributed by atoms with van der Waals surface area (Å²) in [5.74, 6) is 0. The molecule has 0 aliphatic heterocycles. The molecule has 0 atom stereocenters. The molecule has 12 heavy (non-hydrogen) atoms. The molecule has 0 heterocycles. The first-order valence-corrected chi connectivity index (χ1v) is 9.89. The zero-order valence-electron chi connectivity index (χ0n) is 9.02. The van der Waals surface area contributed by atoms with Crippen molar-refractivity contribution in [2.45, 2.75) is 26.2 Å². The van der Waals surface area contributed by atoms with Gasteiger partial charge in [0.1, 0.15) is 0 Å². The lowest BCUT2D eigenvalue weighted by atomic mass is 11.2. The Morgan fingerprint density at radius 1 is 0.917 bits per heavy atom. The van der Waals surface area contributed by atoms with E-state index < -0.39 is 16.6 Å². The van der Waals surface area contributed by atoms with E-state index in [1.807, 2.05) is 0 Å². The van der Waals surface area contributed by atoms with E-state index in [2.05, 4.69) is 32.8 Å². The van der Waals surface area contributed by atoms with Crippen molar-refractivity contribution in [3.05, 3.63) is 11.4 Å². The highest BCUT2D eigenvalue weighted by Crippen LogP contribution is 2.24. The molecule has 4 heteroatoms. The molecule has 72 valence electrons. The van der Waals surface area contributed by atoms with Crippen molar-refractivity contribution >= 4 is 16.6 Å². The van der Waals surface area contributed by atoms with Gasteiger partial charge in [-0.1, -0.05) is 0 Å². The Hall–Kier alpha value is 0.0938. The molecule has 2 nitrogen and oxygen atoms in total. The first kappa shape index (κ1) is 12.1. The van der Waals surface area contributed by atoms with Gasteiger partial charge in [0, 0.05) is 14.2 Å². The van der Waals surface area contributed by atoms with E-state index in [1.54, 1.807) is 14.2 Å². The summed E-state index contributed by atoms with van der Waals surface area (Å²) in [5.41, 5.74) is 0. The Labute approximate surface area is 77.8 Å². The molecule has 0 amide bonds. The van der Waals surface area contributed by atoms with E-state index in [-0.39, 0.29) is 0 Å². The Morgan fingerprint density at radius 2 is 1.17 bits per heavy atom. The van der Waals surface area contributed by atoms with E-state index in [4.69, 9.17) is 8.85 Å². The van der Waals surface area contributed by atoms with Crippen LogP contribution < -0.4 is 0 Å². The van der Waals surface area contributed by atoms with Gasteiger partial charge in [0.05, 0.1) is 0 Å². The fourth-order valence-corrected chi connectivity index (χ4v) is 7.88. The predicted octanol–water partition coefficient (Wildman–Crippen LogP) is 2.32. The second-order valence-corrected chi connectivity index (χ2v) is 12.5. The Morgan fingerprint density at radius 3 is 1.33 bits per heavy atom. The van der Waals surface area contributed by atoms with Crippen molar-refractivity contribution in [1.82, 2.24) is 0 Å². The molecule has 0 rings (SSSR count). The molecule has 0 unspecified atom stereocenters. The fraction of sp³-hybridized carbons (Fsp3) is 0.750. The topological polar surface area (TPSA) is 18.5 Å². The summed E-state index contributed by atoms with van der Waals surface area (Å²) in [6, 6.07) is 0. The molecule has 0 aliphatic carbocycles. The standard InChI is InChI=1S/C8H20O2Si2/c1-8(11(4,5)9-2)12(6,7)10-3/h1H2,2-7H3. The van der Waals surface area contributed by atoms with Crippen LogP contribution in [-0.4, -0.2) is 30.9 Å². The van der Waals surface area contributed by atoms with Crippen molar-refractivity contribution in [2.75, 3.05) is 14.2 Å². The van der Waals surface area contributed by atoms with E-state index in [0.717, 1.165) is 0 Å². The molecular weight excluding hydrogens is 184 g/mol. The summed E-state index contributed by atoms with van der Waals surface area (Å²) in [4.78, 5) is 1.22. The Bertz CT molecular complexity index is 158. The minimum absolute atomic E-state index is 1.22. The lowest BCUT2D eigenvalue weighted by Gasteiger charge is -2.32. The molecule has 0 fully saturated rings. The van der Waals surface area contributed by atoms with Crippen LogP contribution in [-0.2, 0) is 8.85 Å². The maximum Gasteiger partial charge on any atom is 0.211 e. The Balaban J connectivity index is 4.60. The fourth-order valence-electron chi connectivity index (χ4n) is 0.971. The molecule has 0 bridgehead atoms. The Kier molecular flexibility index (Phi) is 3.90. The summed E-state index contributed by atoms with van der Waals surface area (Å²) in [6.07, 6.45) is 0.